The minimum atomic E-state index is -0.164. The highest BCUT2D eigenvalue weighted by molar-refractivity contribution is 5.67. The van der Waals surface area contributed by atoms with Crippen molar-refractivity contribution in [1.29, 1.82) is 0 Å². The van der Waals surface area contributed by atoms with Gasteiger partial charge in [0.15, 0.2) is 11.5 Å². The van der Waals surface area contributed by atoms with Crippen LogP contribution in [0.2, 0.25) is 0 Å². The lowest BCUT2D eigenvalue weighted by Gasteiger charge is -2.24. The maximum absolute atomic E-state index is 8.80. The van der Waals surface area contributed by atoms with E-state index >= 15 is 0 Å². The first-order chi connectivity index (χ1) is 9.17. The van der Waals surface area contributed by atoms with Gasteiger partial charge < -0.3 is 14.7 Å². The zero-order valence-corrected chi connectivity index (χ0v) is 11.5. The highest BCUT2D eigenvalue weighted by Gasteiger charge is 2.16. The summed E-state index contributed by atoms with van der Waals surface area (Å²) in [6, 6.07) is 5.44. The molecule has 0 bridgehead atoms. The summed E-state index contributed by atoms with van der Waals surface area (Å²) in [5, 5.41) is 11.9. The number of oxime groups is 1. The Balaban J connectivity index is 3.12. The predicted octanol–water partition coefficient (Wildman–Crippen LogP) is 2.32. The van der Waals surface area contributed by atoms with Crippen LogP contribution in [-0.4, -0.2) is 44.1 Å². The number of benzene rings is 1. The Hall–Kier alpha value is -2.01. The van der Waals surface area contributed by atoms with Gasteiger partial charge in [-0.2, -0.15) is 0 Å². The number of methoxy groups -OCH3 is 2. The smallest absolute Gasteiger partial charge is 0.161 e. The molecule has 1 unspecified atom stereocenters. The standard InChI is InChI=1S/C14H20N2O3/c1-5-8-16(2)12(10-15-17)11-6-7-13(18-3)14(9-11)19-4/h5-7,9-10,12,17H,1,8H2,2-4H3/b15-10+. The molecule has 0 aromatic heterocycles. The molecule has 104 valence electrons. The van der Waals surface area contributed by atoms with Crippen molar-refractivity contribution in [1.82, 2.24) is 4.90 Å². The Morgan fingerprint density at radius 2 is 2.05 bits per heavy atom. The van der Waals surface area contributed by atoms with Crippen LogP contribution >= 0.6 is 0 Å². The lowest BCUT2D eigenvalue weighted by molar-refractivity contribution is 0.299. The van der Waals surface area contributed by atoms with Crippen LogP contribution in [0.15, 0.2) is 36.0 Å². The molecule has 1 atom stereocenters. The summed E-state index contributed by atoms with van der Waals surface area (Å²) in [6.07, 6.45) is 3.25. The summed E-state index contributed by atoms with van der Waals surface area (Å²) in [5.74, 6) is 1.31. The Morgan fingerprint density at radius 3 is 2.58 bits per heavy atom. The molecule has 0 spiro atoms. The fourth-order valence-corrected chi connectivity index (χ4v) is 1.87. The number of ether oxygens (including phenoxy) is 2. The second kappa shape index (κ2) is 7.43. The molecule has 0 aliphatic rings. The van der Waals surface area contributed by atoms with Gasteiger partial charge in [0.25, 0.3) is 0 Å². The summed E-state index contributed by atoms with van der Waals surface area (Å²) < 4.78 is 10.5. The number of likely N-dealkylation sites (N-methyl/N-ethyl adjacent to an activating group) is 1. The van der Waals surface area contributed by atoms with Gasteiger partial charge in [-0.15, -0.1) is 11.7 Å². The Labute approximate surface area is 113 Å². The molecule has 1 rings (SSSR count). The summed E-state index contributed by atoms with van der Waals surface area (Å²) >= 11 is 0. The normalized spacial score (nSPS) is 12.6. The van der Waals surface area contributed by atoms with E-state index in [-0.39, 0.29) is 6.04 Å². The van der Waals surface area contributed by atoms with E-state index in [2.05, 4.69) is 11.7 Å². The summed E-state index contributed by atoms with van der Waals surface area (Å²) in [5.41, 5.74) is 0.944. The first-order valence-corrected chi connectivity index (χ1v) is 5.88. The first kappa shape index (κ1) is 15.0. The Morgan fingerprint density at radius 1 is 1.37 bits per heavy atom. The Kier molecular flexibility index (Phi) is 5.89. The molecule has 5 nitrogen and oxygen atoms in total. The average molecular weight is 264 g/mol. The molecule has 0 radical (unpaired) electrons. The third kappa shape index (κ3) is 3.72. The number of hydrogen-bond donors (Lipinski definition) is 1. The molecule has 0 heterocycles. The van der Waals surface area contributed by atoms with Crippen LogP contribution < -0.4 is 9.47 Å². The van der Waals surface area contributed by atoms with Crippen LogP contribution in [-0.2, 0) is 0 Å². The molecule has 0 saturated carbocycles. The molecule has 0 fully saturated rings. The topological polar surface area (TPSA) is 54.3 Å². The van der Waals surface area contributed by atoms with Crippen molar-refractivity contribution in [3.05, 3.63) is 36.4 Å². The van der Waals surface area contributed by atoms with E-state index in [4.69, 9.17) is 14.7 Å². The van der Waals surface area contributed by atoms with E-state index in [0.29, 0.717) is 18.0 Å². The highest BCUT2D eigenvalue weighted by Crippen LogP contribution is 2.31. The second-order valence-electron chi connectivity index (χ2n) is 4.05. The third-order valence-corrected chi connectivity index (χ3v) is 2.85. The van der Waals surface area contributed by atoms with E-state index in [1.54, 1.807) is 20.3 Å². The van der Waals surface area contributed by atoms with Crippen LogP contribution in [0.3, 0.4) is 0 Å². The molecule has 1 aromatic rings. The third-order valence-electron chi connectivity index (χ3n) is 2.85. The van der Waals surface area contributed by atoms with Gasteiger partial charge in [0, 0.05) is 6.54 Å². The van der Waals surface area contributed by atoms with Crippen molar-refractivity contribution >= 4 is 6.21 Å². The summed E-state index contributed by atoms with van der Waals surface area (Å²) in [7, 11) is 5.10. The van der Waals surface area contributed by atoms with Crippen molar-refractivity contribution in [3.8, 4) is 11.5 Å². The van der Waals surface area contributed by atoms with Crippen LogP contribution in [0, 0.1) is 0 Å². The average Bonchev–Trinajstić information content (AvgIpc) is 2.44. The van der Waals surface area contributed by atoms with Crippen LogP contribution in [0.5, 0.6) is 11.5 Å². The van der Waals surface area contributed by atoms with Gasteiger partial charge in [-0.25, -0.2) is 0 Å². The van der Waals surface area contributed by atoms with Gasteiger partial charge in [0.2, 0.25) is 0 Å². The predicted molar refractivity (Wildman–Crippen MR) is 75.4 cm³/mol. The zero-order valence-electron chi connectivity index (χ0n) is 11.5. The van der Waals surface area contributed by atoms with Gasteiger partial charge in [-0.3, -0.25) is 4.90 Å². The maximum atomic E-state index is 8.80. The zero-order chi connectivity index (χ0) is 14.3. The van der Waals surface area contributed by atoms with E-state index in [9.17, 15) is 0 Å². The van der Waals surface area contributed by atoms with Gasteiger partial charge in [-0.05, 0) is 24.7 Å². The van der Waals surface area contributed by atoms with Gasteiger partial charge in [0.1, 0.15) is 0 Å². The fraction of sp³-hybridized carbons (Fsp3) is 0.357. The van der Waals surface area contributed by atoms with Gasteiger partial charge in [0.05, 0.1) is 26.5 Å². The minimum absolute atomic E-state index is 0.164. The largest absolute Gasteiger partial charge is 0.493 e. The van der Waals surface area contributed by atoms with Crippen molar-refractivity contribution in [3.63, 3.8) is 0 Å². The van der Waals surface area contributed by atoms with E-state index < -0.39 is 0 Å². The molecule has 1 N–H and O–H groups in total. The molecule has 0 aliphatic heterocycles. The van der Waals surface area contributed by atoms with Gasteiger partial charge in [-0.1, -0.05) is 12.1 Å². The molecule has 1 aromatic carbocycles. The highest BCUT2D eigenvalue weighted by atomic mass is 16.5. The number of nitrogens with zero attached hydrogens (tertiary/aromatic N) is 2. The SMILES string of the molecule is C=CCN(C)C(/C=N/O)c1ccc(OC)c(OC)c1. The molecule has 0 aliphatic carbocycles. The molecule has 0 amide bonds. The fourth-order valence-electron chi connectivity index (χ4n) is 1.87. The van der Waals surface area contributed by atoms with Crippen LogP contribution in [0.1, 0.15) is 11.6 Å². The van der Waals surface area contributed by atoms with Crippen molar-refractivity contribution < 1.29 is 14.7 Å². The van der Waals surface area contributed by atoms with E-state index in [0.717, 1.165) is 5.56 Å². The molecular formula is C14H20N2O3. The van der Waals surface area contributed by atoms with E-state index in [1.165, 1.54) is 6.21 Å². The molecular weight excluding hydrogens is 244 g/mol. The van der Waals surface area contributed by atoms with Crippen molar-refractivity contribution in [2.24, 2.45) is 5.16 Å². The van der Waals surface area contributed by atoms with Gasteiger partial charge >= 0.3 is 0 Å². The van der Waals surface area contributed by atoms with Crippen molar-refractivity contribution in [2.45, 2.75) is 6.04 Å². The Bertz CT molecular complexity index is 446. The number of rotatable bonds is 7. The first-order valence-electron chi connectivity index (χ1n) is 5.88. The molecule has 19 heavy (non-hydrogen) atoms. The summed E-state index contributed by atoms with van der Waals surface area (Å²) in [4.78, 5) is 1.99. The van der Waals surface area contributed by atoms with Crippen LogP contribution in [0.4, 0.5) is 0 Å². The molecule has 5 heteroatoms. The number of hydrogen-bond acceptors (Lipinski definition) is 5. The van der Waals surface area contributed by atoms with Crippen LogP contribution in [0.25, 0.3) is 0 Å². The van der Waals surface area contributed by atoms with E-state index in [1.807, 2.05) is 30.1 Å². The minimum Gasteiger partial charge on any atom is -0.493 e. The second-order valence-corrected chi connectivity index (χ2v) is 4.05. The monoisotopic (exact) mass is 264 g/mol. The lowest BCUT2D eigenvalue weighted by Crippen LogP contribution is -2.25. The summed E-state index contributed by atoms with van der Waals surface area (Å²) in [6.45, 7) is 4.38. The van der Waals surface area contributed by atoms with Crippen molar-refractivity contribution in [2.75, 3.05) is 27.8 Å². The quantitative estimate of drug-likeness (QED) is 0.355. The maximum Gasteiger partial charge on any atom is 0.161 e. The lowest BCUT2D eigenvalue weighted by atomic mass is 10.1. The molecule has 0 saturated heterocycles.